The predicted octanol–water partition coefficient (Wildman–Crippen LogP) is 2.25. The van der Waals surface area contributed by atoms with E-state index < -0.39 is 0 Å². The minimum absolute atomic E-state index is 0.546. The summed E-state index contributed by atoms with van der Waals surface area (Å²) >= 11 is 1.69. The lowest BCUT2D eigenvalue weighted by Crippen LogP contribution is -1.88. The van der Waals surface area contributed by atoms with Crippen molar-refractivity contribution in [3.63, 3.8) is 0 Å². The van der Waals surface area contributed by atoms with E-state index in [-0.39, 0.29) is 0 Å². The number of nitrogens with zero attached hydrogens (tertiary/aromatic N) is 1. The molecule has 10 heavy (non-hydrogen) atoms. The molecular formula is C7H12N2S. The fourth-order valence-electron chi connectivity index (χ4n) is 0.868. The number of nitrogens with one attached hydrogen (secondary N) is 1. The van der Waals surface area contributed by atoms with Crippen LogP contribution in [0.25, 0.3) is 0 Å². The first-order chi connectivity index (χ1) is 4.75. The van der Waals surface area contributed by atoms with Crippen molar-refractivity contribution in [2.75, 3.05) is 6.26 Å². The third-order valence-electron chi connectivity index (χ3n) is 1.40. The van der Waals surface area contributed by atoms with Gasteiger partial charge in [-0.3, -0.25) is 0 Å². The van der Waals surface area contributed by atoms with Crippen molar-refractivity contribution >= 4 is 11.8 Å². The molecule has 0 aliphatic rings. The smallest absolute Gasteiger partial charge is 0.117 e. The molecule has 0 aliphatic carbocycles. The van der Waals surface area contributed by atoms with E-state index in [0.29, 0.717) is 5.92 Å². The maximum atomic E-state index is 4.16. The van der Waals surface area contributed by atoms with E-state index in [2.05, 4.69) is 23.8 Å². The van der Waals surface area contributed by atoms with Gasteiger partial charge in [-0.2, -0.15) is 0 Å². The van der Waals surface area contributed by atoms with E-state index in [1.165, 1.54) is 5.69 Å². The predicted molar refractivity (Wildman–Crippen MR) is 44.5 cm³/mol. The molecule has 0 aromatic carbocycles. The number of aromatic amines is 1. The Labute approximate surface area is 65.4 Å². The first-order valence-corrected chi connectivity index (χ1v) is 4.55. The van der Waals surface area contributed by atoms with Gasteiger partial charge in [0.2, 0.25) is 0 Å². The highest BCUT2D eigenvalue weighted by Crippen LogP contribution is 2.22. The van der Waals surface area contributed by atoms with Gasteiger partial charge in [-0.1, -0.05) is 13.8 Å². The van der Waals surface area contributed by atoms with Gasteiger partial charge in [0.15, 0.2) is 0 Å². The fourth-order valence-corrected chi connectivity index (χ4v) is 1.54. The second-order valence-corrected chi connectivity index (χ2v) is 3.28. The fraction of sp³-hybridized carbons (Fsp3) is 0.571. The molecule has 0 atom stereocenters. The van der Waals surface area contributed by atoms with Gasteiger partial charge < -0.3 is 4.98 Å². The lowest BCUT2D eigenvalue weighted by atomic mass is 10.2. The molecule has 0 saturated heterocycles. The molecule has 1 aromatic rings. The van der Waals surface area contributed by atoms with Crippen molar-refractivity contribution in [1.29, 1.82) is 0 Å². The topological polar surface area (TPSA) is 28.7 Å². The summed E-state index contributed by atoms with van der Waals surface area (Å²) in [6.45, 7) is 4.32. The second kappa shape index (κ2) is 3.10. The molecule has 56 valence electrons. The van der Waals surface area contributed by atoms with Gasteiger partial charge in [-0.25, -0.2) is 4.98 Å². The zero-order valence-corrected chi connectivity index (χ0v) is 7.33. The molecule has 0 spiro atoms. The Balaban J connectivity index is 2.90. The van der Waals surface area contributed by atoms with Crippen LogP contribution in [-0.2, 0) is 0 Å². The summed E-state index contributed by atoms with van der Waals surface area (Å²) < 4.78 is 0. The van der Waals surface area contributed by atoms with E-state index in [1.807, 2.05) is 6.26 Å². The molecule has 0 aliphatic heterocycles. The largest absolute Gasteiger partial charge is 0.347 e. The zero-order valence-electron chi connectivity index (χ0n) is 6.51. The maximum Gasteiger partial charge on any atom is 0.117 e. The second-order valence-electron chi connectivity index (χ2n) is 2.48. The zero-order chi connectivity index (χ0) is 7.56. The number of hydrogen-bond acceptors (Lipinski definition) is 2. The van der Waals surface area contributed by atoms with Crippen LogP contribution in [0.5, 0.6) is 0 Å². The number of imidazole rings is 1. The van der Waals surface area contributed by atoms with Gasteiger partial charge in [0.1, 0.15) is 5.03 Å². The van der Waals surface area contributed by atoms with E-state index >= 15 is 0 Å². The van der Waals surface area contributed by atoms with E-state index in [0.717, 1.165) is 5.03 Å². The van der Waals surface area contributed by atoms with Crippen LogP contribution in [0, 0.1) is 0 Å². The summed E-state index contributed by atoms with van der Waals surface area (Å²) in [4.78, 5) is 7.29. The SMILES string of the molecule is CSc1nc[nH]c1C(C)C. The number of hydrogen-bond donors (Lipinski definition) is 1. The standard InChI is InChI=1S/C7H12N2S/c1-5(2)6-7(10-3)9-4-8-6/h4-5H,1-3H3,(H,8,9). The van der Waals surface area contributed by atoms with Crippen molar-refractivity contribution in [2.45, 2.75) is 24.8 Å². The van der Waals surface area contributed by atoms with E-state index in [9.17, 15) is 0 Å². The average molecular weight is 156 g/mol. The third kappa shape index (κ3) is 1.34. The molecule has 1 heterocycles. The van der Waals surface area contributed by atoms with Gasteiger partial charge in [-0.15, -0.1) is 11.8 Å². The third-order valence-corrected chi connectivity index (χ3v) is 2.11. The molecule has 0 radical (unpaired) electrons. The summed E-state index contributed by atoms with van der Waals surface area (Å²) in [5.74, 6) is 0.546. The van der Waals surface area contributed by atoms with Crippen molar-refractivity contribution in [2.24, 2.45) is 0 Å². The van der Waals surface area contributed by atoms with Crippen LogP contribution >= 0.6 is 11.8 Å². The normalized spacial score (nSPS) is 10.8. The monoisotopic (exact) mass is 156 g/mol. The number of thioether (sulfide) groups is 1. The van der Waals surface area contributed by atoms with Crippen molar-refractivity contribution < 1.29 is 0 Å². The Hall–Kier alpha value is -0.440. The highest BCUT2D eigenvalue weighted by molar-refractivity contribution is 7.98. The molecule has 0 saturated carbocycles. The van der Waals surface area contributed by atoms with E-state index in [4.69, 9.17) is 0 Å². The Morgan fingerprint density at radius 2 is 2.30 bits per heavy atom. The Kier molecular flexibility index (Phi) is 2.38. The molecule has 1 N–H and O–H groups in total. The van der Waals surface area contributed by atoms with Crippen LogP contribution in [-0.4, -0.2) is 16.2 Å². The molecule has 0 amide bonds. The summed E-state index contributed by atoms with van der Waals surface area (Å²) in [5, 5.41) is 1.12. The maximum absolute atomic E-state index is 4.16. The van der Waals surface area contributed by atoms with Crippen molar-refractivity contribution in [3.05, 3.63) is 12.0 Å². The Morgan fingerprint density at radius 1 is 1.60 bits per heavy atom. The van der Waals surface area contributed by atoms with Crippen molar-refractivity contribution in [1.82, 2.24) is 9.97 Å². The molecule has 3 heteroatoms. The Morgan fingerprint density at radius 3 is 2.70 bits per heavy atom. The van der Waals surface area contributed by atoms with Crippen LogP contribution < -0.4 is 0 Å². The summed E-state index contributed by atoms with van der Waals surface area (Å²) in [5.41, 5.74) is 1.24. The highest BCUT2D eigenvalue weighted by atomic mass is 32.2. The van der Waals surface area contributed by atoms with Crippen LogP contribution in [0.1, 0.15) is 25.5 Å². The highest BCUT2D eigenvalue weighted by Gasteiger charge is 2.06. The first-order valence-electron chi connectivity index (χ1n) is 3.33. The van der Waals surface area contributed by atoms with Gasteiger partial charge >= 0.3 is 0 Å². The lowest BCUT2D eigenvalue weighted by molar-refractivity contribution is 0.806. The minimum atomic E-state index is 0.546. The lowest BCUT2D eigenvalue weighted by Gasteiger charge is -2.01. The van der Waals surface area contributed by atoms with Gasteiger partial charge in [-0.05, 0) is 12.2 Å². The summed E-state index contributed by atoms with van der Waals surface area (Å²) in [7, 11) is 0. The number of rotatable bonds is 2. The Bertz CT molecular complexity index is 205. The first kappa shape index (κ1) is 7.66. The number of H-pyrrole nitrogens is 1. The summed E-state index contributed by atoms with van der Waals surface area (Å²) in [6.07, 6.45) is 3.79. The van der Waals surface area contributed by atoms with Crippen molar-refractivity contribution in [3.8, 4) is 0 Å². The molecule has 0 unspecified atom stereocenters. The van der Waals surface area contributed by atoms with Gasteiger partial charge in [0.25, 0.3) is 0 Å². The summed E-state index contributed by atoms with van der Waals surface area (Å²) in [6, 6.07) is 0. The molecule has 0 bridgehead atoms. The molecule has 2 nitrogen and oxygen atoms in total. The molecule has 1 aromatic heterocycles. The van der Waals surface area contributed by atoms with Crippen LogP contribution in [0.2, 0.25) is 0 Å². The van der Waals surface area contributed by atoms with E-state index in [1.54, 1.807) is 18.1 Å². The van der Waals surface area contributed by atoms with Gasteiger partial charge in [0.05, 0.1) is 12.0 Å². The average Bonchev–Trinajstić information content (AvgIpc) is 2.33. The molecular weight excluding hydrogens is 144 g/mol. The van der Waals surface area contributed by atoms with Crippen LogP contribution in [0.3, 0.4) is 0 Å². The van der Waals surface area contributed by atoms with Crippen LogP contribution in [0.15, 0.2) is 11.4 Å². The quantitative estimate of drug-likeness (QED) is 0.665. The van der Waals surface area contributed by atoms with Crippen LogP contribution in [0.4, 0.5) is 0 Å². The van der Waals surface area contributed by atoms with Gasteiger partial charge in [0, 0.05) is 0 Å². The number of aromatic nitrogens is 2. The molecule has 0 fully saturated rings. The minimum Gasteiger partial charge on any atom is -0.347 e. The molecule has 1 rings (SSSR count).